The minimum Gasteiger partial charge on any atom is -0.314 e. The molecule has 3 saturated heterocycles. The molecule has 0 amide bonds. The highest BCUT2D eigenvalue weighted by Gasteiger charge is 2.41. The molecule has 0 aromatic rings. The van der Waals surface area contributed by atoms with Crippen molar-refractivity contribution in [3.05, 3.63) is 0 Å². The highest BCUT2D eigenvalue weighted by Crippen LogP contribution is 2.35. The zero-order valence-corrected chi connectivity index (χ0v) is 13.4. The summed E-state index contributed by atoms with van der Waals surface area (Å²) >= 11 is 0. The van der Waals surface area contributed by atoms with Crippen molar-refractivity contribution < 1.29 is 8.42 Å². The summed E-state index contributed by atoms with van der Waals surface area (Å²) in [6, 6.07) is 1.87. The average Bonchev–Trinajstić information content (AvgIpc) is 2.70. The highest BCUT2D eigenvalue weighted by molar-refractivity contribution is 7.92. The topological polar surface area (TPSA) is 49.4 Å². The molecule has 3 unspecified atom stereocenters. The highest BCUT2D eigenvalue weighted by atomic mass is 32.2. The van der Waals surface area contributed by atoms with Gasteiger partial charge in [0.2, 0.25) is 0 Å². The Bertz CT molecular complexity index is 423. The van der Waals surface area contributed by atoms with E-state index in [1.54, 1.807) is 0 Å². The van der Waals surface area contributed by atoms with Gasteiger partial charge in [0.1, 0.15) is 0 Å². The van der Waals surface area contributed by atoms with E-state index in [2.05, 4.69) is 17.1 Å². The van der Waals surface area contributed by atoms with Gasteiger partial charge < -0.3 is 5.32 Å². The molecule has 2 bridgehead atoms. The van der Waals surface area contributed by atoms with Crippen molar-refractivity contribution >= 4 is 9.84 Å². The molecular weight excluding hydrogens is 272 g/mol. The van der Waals surface area contributed by atoms with E-state index in [9.17, 15) is 8.42 Å². The number of nitrogens with one attached hydrogen (secondary N) is 1. The zero-order chi connectivity index (χ0) is 14.2. The maximum Gasteiger partial charge on any atom is 0.154 e. The van der Waals surface area contributed by atoms with E-state index in [-0.39, 0.29) is 5.25 Å². The fraction of sp³-hybridized carbons (Fsp3) is 1.00. The molecule has 3 aliphatic heterocycles. The van der Waals surface area contributed by atoms with E-state index in [0.717, 1.165) is 25.9 Å². The van der Waals surface area contributed by atoms with Gasteiger partial charge in [-0.25, -0.2) is 8.42 Å². The van der Waals surface area contributed by atoms with Crippen LogP contribution in [0.4, 0.5) is 0 Å². The van der Waals surface area contributed by atoms with Gasteiger partial charge in [-0.3, -0.25) is 4.90 Å². The number of hydrogen-bond donors (Lipinski definition) is 1. The van der Waals surface area contributed by atoms with E-state index < -0.39 is 9.84 Å². The molecule has 0 saturated carbocycles. The predicted molar refractivity (Wildman–Crippen MR) is 81.6 cm³/mol. The van der Waals surface area contributed by atoms with Crippen LogP contribution in [0.2, 0.25) is 0 Å². The quantitative estimate of drug-likeness (QED) is 0.856. The lowest BCUT2D eigenvalue weighted by Crippen LogP contribution is -2.58. The van der Waals surface area contributed by atoms with Crippen LogP contribution in [-0.2, 0) is 9.84 Å². The Labute approximate surface area is 123 Å². The largest absolute Gasteiger partial charge is 0.314 e. The fourth-order valence-electron chi connectivity index (χ4n) is 4.53. The molecule has 3 heterocycles. The number of rotatable bonds is 4. The second-order valence-electron chi connectivity index (χ2n) is 6.79. The van der Waals surface area contributed by atoms with Crippen molar-refractivity contribution in [3.8, 4) is 0 Å². The molecule has 116 valence electrons. The van der Waals surface area contributed by atoms with Crippen LogP contribution in [0.5, 0.6) is 0 Å². The first-order valence-electron chi connectivity index (χ1n) is 8.31. The van der Waals surface area contributed by atoms with Crippen LogP contribution in [0.25, 0.3) is 0 Å². The molecule has 3 aliphatic rings. The standard InChI is InChI=1S/C15H28N2O2S/c1-2-16-12-9-13-5-3-6-14(10-12)17(13)11-15-7-4-8-20(15,18)19/h12-16H,2-11H2,1H3. The van der Waals surface area contributed by atoms with Crippen LogP contribution in [0.15, 0.2) is 0 Å². The van der Waals surface area contributed by atoms with Gasteiger partial charge in [0.15, 0.2) is 9.84 Å². The number of sulfone groups is 1. The summed E-state index contributed by atoms with van der Waals surface area (Å²) < 4.78 is 24.2. The molecule has 0 radical (unpaired) electrons. The molecule has 3 rings (SSSR count). The average molecular weight is 300 g/mol. The summed E-state index contributed by atoms with van der Waals surface area (Å²) in [5, 5.41) is 3.52. The summed E-state index contributed by atoms with van der Waals surface area (Å²) in [5.74, 6) is 0.418. The van der Waals surface area contributed by atoms with Crippen LogP contribution in [0, 0.1) is 0 Å². The number of fused-ring (bicyclic) bond motifs is 2. The Kier molecular flexibility index (Phi) is 4.39. The molecule has 20 heavy (non-hydrogen) atoms. The van der Waals surface area contributed by atoms with Gasteiger partial charge in [0, 0.05) is 24.7 Å². The van der Waals surface area contributed by atoms with Crippen molar-refractivity contribution in [2.75, 3.05) is 18.8 Å². The smallest absolute Gasteiger partial charge is 0.154 e. The second kappa shape index (κ2) is 5.93. The molecule has 0 spiro atoms. The Hall–Kier alpha value is -0.130. The first-order chi connectivity index (χ1) is 9.60. The predicted octanol–water partition coefficient (Wildman–Crippen LogP) is 1.56. The summed E-state index contributed by atoms with van der Waals surface area (Å²) in [5.41, 5.74) is 0. The van der Waals surface area contributed by atoms with Gasteiger partial charge >= 0.3 is 0 Å². The van der Waals surface area contributed by atoms with Crippen molar-refractivity contribution in [1.29, 1.82) is 0 Å². The molecule has 3 fully saturated rings. The van der Waals surface area contributed by atoms with E-state index >= 15 is 0 Å². The van der Waals surface area contributed by atoms with E-state index in [1.807, 2.05) is 0 Å². The lowest BCUT2D eigenvalue weighted by molar-refractivity contribution is 0.0249. The summed E-state index contributed by atoms with van der Waals surface area (Å²) in [4.78, 5) is 2.56. The number of piperidine rings is 2. The van der Waals surface area contributed by atoms with Crippen LogP contribution >= 0.6 is 0 Å². The number of nitrogens with zero attached hydrogens (tertiary/aromatic N) is 1. The third-order valence-electron chi connectivity index (χ3n) is 5.50. The van der Waals surface area contributed by atoms with Gasteiger partial charge in [-0.2, -0.15) is 0 Å². The van der Waals surface area contributed by atoms with Gasteiger partial charge in [-0.1, -0.05) is 13.3 Å². The molecule has 1 N–H and O–H groups in total. The minimum atomic E-state index is -2.80. The van der Waals surface area contributed by atoms with E-state index in [4.69, 9.17) is 0 Å². The third-order valence-corrected chi connectivity index (χ3v) is 7.75. The van der Waals surface area contributed by atoms with Gasteiger partial charge in [0.05, 0.1) is 11.0 Å². The third kappa shape index (κ3) is 2.90. The molecule has 0 aromatic carbocycles. The molecule has 5 heteroatoms. The lowest BCUT2D eigenvalue weighted by atomic mass is 9.81. The van der Waals surface area contributed by atoms with E-state index in [0.29, 0.717) is 23.9 Å². The van der Waals surface area contributed by atoms with E-state index in [1.165, 1.54) is 32.1 Å². The maximum absolute atomic E-state index is 12.1. The maximum atomic E-state index is 12.1. The van der Waals surface area contributed by atoms with Crippen LogP contribution in [0.1, 0.15) is 51.9 Å². The van der Waals surface area contributed by atoms with Crippen LogP contribution < -0.4 is 5.32 Å². The first kappa shape index (κ1) is 14.8. The number of hydrogen-bond acceptors (Lipinski definition) is 4. The fourth-order valence-corrected chi connectivity index (χ4v) is 6.36. The second-order valence-corrected chi connectivity index (χ2v) is 9.19. The summed E-state index contributed by atoms with van der Waals surface area (Å²) in [6.45, 7) is 4.02. The van der Waals surface area contributed by atoms with Gasteiger partial charge in [-0.15, -0.1) is 0 Å². The zero-order valence-electron chi connectivity index (χ0n) is 12.6. The molecule has 0 aromatic heterocycles. The van der Waals surface area contributed by atoms with Crippen molar-refractivity contribution in [2.45, 2.75) is 75.2 Å². The molecule has 3 atom stereocenters. The van der Waals surface area contributed by atoms with Crippen molar-refractivity contribution in [2.24, 2.45) is 0 Å². The Morgan fingerprint density at radius 3 is 2.35 bits per heavy atom. The minimum absolute atomic E-state index is 0.0821. The first-order valence-corrected chi connectivity index (χ1v) is 10.0. The molecule has 0 aliphatic carbocycles. The summed E-state index contributed by atoms with van der Waals surface area (Å²) in [7, 11) is -2.80. The lowest BCUT2D eigenvalue weighted by Gasteiger charge is -2.49. The van der Waals surface area contributed by atoms with Gasteiger partial charge in [-0.05, 0) is 45.1 Å². The monoisotopic (exact) mass is 300 g/mol. The van der Waals surface area contributed by atoms with Crippen molar-refractivity contribution in [3.63, 3.8) is 0 Å². The van der Waals surface area contributed by atoms with Crippen molar-refractivity contribution in [1.82, 2.24) is 10.2 Å². The molecular formula is C15H28N2O2S. The Morgan fingerprint density at radius 1 is 1.10 bits per heavy atom. The molecule has 4 nitrogen and oxygen atoms in total. The summed E-state index contributed by atoms with van der Waals surface area (Å²) in [6.07, 6.45) is 8.00. The Balaban J connectivity index is 1.68. The van der Waals surface area contributed by atoms with Gasteiger partial charge in [0.25, 0.3) is 0 Å². The van der Waals surface area contributed by atoms with Crippen LogP contribution in [-0.4, -0.2) is 55.5 Å². The van der Waals surface area contributed by atoms with Crippen LogP contribution in [0.3, 0.4) is 0 Å². The Morgan fingerprint density at radius 2 is 1.80 bits per heavy atom. The normalized spacial score (nSPS) is 40.9. The SMILES string of the molecule is CCNC1CC2CCCC(C1)N2CC1CCCS1(=O)=O.